The van der Waals surface area contributed by atoms with Crippen molar-refractivity contribution in [2.75, 3.05) is 21.3 Å². The van der Waals surface area contributed by atoms with Crippen LogP contribution in [0.5, 0.6) is 5.75 Å². The van der Waals surface area contributed by atoms with Crippen LogP contribution in [0.1, 0.15) is 25.3 Å². The van der Waals surface area contributed by atoms with Gasteiger partial charge in [0.1, 0.15) is 5.75 Å². The van der Waals surface area contributed by atoms with Crippen LogP contribution in [0.25, 0.3) is 0 Å². The summed E-state index contributed by atoms with van der Waals surface area (Å²) in [5, 5.41) is 3.07. The maximum atomic E-state index is 12.5. The van der Waals surface area contributed by atoms with Crippen LogP contribution in [-0.4, -0.2) is 33.3 Å². The highest BCUT2D eigenvalue weighted by molar-refractivity contribution is 9.10. The molecule has 0 aliphatic carbocycles. The molecule has 7 heteroatoms. The second-order valence-electron chi connectivity index (χ2n) is 5.50. The zero-order valence-electron chi connectivity index (χ0n) is 14.7. The molecule has 0 bridgehead atoms. The van der Waals surface area contributed by atoms with Gasteiger partial charge < -0.3 is 19.5 Å². The van der Waals surface area contributed by atoms with Crippen molar-refractivity contribution >= 4 is 27.9 Å². The highest BCUT2D eigenvalue weighted by atomic mass is 79.9. The first-order valence-electron chi connectivity index (χ1n) is 7.54. The molecule has 1 N–H and O–H groups in total. The molecule has 1 aliphatic rings. The minimum atomic E-state index is -0.673. The molecule has 0 unspecified atom stereocenters. The topological polar surface area (TPSA) is 73.9 Å². The molecule has 0 atom stereocenters. The molecule has 1 heterocycles. The Labute approximate surface area is 155 Å². The maximum Gasteiger partial charge on any atom is 0.336 e. The van der Waals surface area contributed by atoms with Gasteiger partial charge in [0.15, 0.2) is 0 Å². The van der Waals surface area contributed by atoms with Crippen LogP contribution < -0.4 is 10.1 Å². The van der Waals surface area contributed by atoms with Crippen molar-refractivity contribution in [2.45, 2.75) is 19.8 Å². The van der Waals surface area contributed by atoms with Gasteiger partial charge in [0.05, 0.1) is 38.4 Å². The van der Waals surface area contributed by atoms with E-state index in [-0.39, 0.29) is 0 Å². The van der Waals surface area contributed by atoms with Crippen molar-refractivity contribution in [1.82, 2.24) is 5.32 Å². The molecule has 0 saturated carbocycles. The van der Waals surface area contributed by atoms with Crippen molar-refractivity contribution in [3.05, 3.63) is 50.8 Å². The third kappa shape index (κ3) is 3.56. The number of rotatable bonds is 4. The maximum absolute atomic E-state index is 12.5. The van der Waals surface area contributed by atoms with E-state index in [0.717, 1.165) is 4.47 Å². The molecule has 1 aliphatic heterocycles. The van der Waals surface area contributed by atoms with Crippen molar-refractivity contribution in [1.29, 1.82) is 0 Å². The molecule has 1 aromatic rings. The van der Waals surface area contributed by atoms with Gasteiger partial charge in [-0.05, 0) is 32.0 Å². The molecule has 0 fully saturated rings. The molecular weight excluding hydrogens is 390 g/mol. The lowest BCUT2D eigenvalue weighted by Gasteiger charge is -2.30. The second-order valence-corrected chi connectivity index (χ2v) is 6.42. The van der Waals surface area contributed by atoms with Crippen LogP contribution in [0.4, 0.5) is 0 Å². The minimum absolute atomic E-state index is 0.338. The predicted octanol–water partition coefficient (Wildman–Crippen LogP) is 3.04. The van der Waals surface area contributed by atoms with Crippen LogP contribution in [-0.2, 0) is 19.1 Å². The number of benzene rings is 1. The number of hydrogen-bond donors (Lipinski definition) is 1. The van der Waals surface area contributed by atoms with Gasteiger partial charge >= 0.3 is 11.9 Å². The van der Waals surface area contributed by atoms with Crippen LogP contribution in [0.2, 0.25) is 0 Å². The third-order valence-corrected chi connectivity index (χ3v) is 4.57. The number of ether oxygens (including phenoxy) is 3. The first-order valence-corrected chi connectivity index (χ1v) is 8.33. The van der Waals surface area contributed by atoms with Gasteiger partial charge in [-0.1, -0.05) is 15.9 Å². The summed E-state index contributed by atoms with van der Waals surface area (Å²) >= 11 is 3.43. The van der Waals surface area contributed by atoms with Crippen molar-refractivity contribution < 1.29 is 23.8 Å². The molecule has 2 rings (SSSR count). The van der Waals surface area contributed by atoms with E-state index in [2.05, 4.69) is 21.2 Å². The van der Waals surface area contributed by atoms with E-state index >= 15 is 0 Å². The SMILES string of the molecule is COC(=O)C1=C(C)NC(C)=C(C(=O)OC)C1c1cc(Br)ccc1OC. The fraction of sp³-hybridized carbons (Fsp3) is 0.333. The van der Waals surface area contributed by atoms with E-state index in [1.807, 2.05) is 12.1 Å². The molecule has 0 spiro atoms. The summed E-state index contributed by atoms with van der Waals surface area (Å²) in [6, 6.07) is 5.42. The molecule has 134 valence electrons. The standard InChI is InChI=1S/C18H20BrNO5/c1-9-14(17(21)24-4)16(15(10(2)20-9)18(22)25-5)12-8-11(19)6-7-13(12)23-3/h6-8,16,20H,1-5H3. The highest BCUT2D eigenvalue weighted by Gasteiger charge is 2.39. The monoisotopic (exact) mass is 409 g/mol. The quantitative estimate of drug-likeness (QED) is 0.770. The number of halogens is 1. The van der Waals surface area contributed by atoms with Crippen LogP contribution in [0, 0.1) is 0 Å². The van der Waals surface area contributed by atoms with E-state index in [1.165, 1.54) is 21.3 Å². The Hall–Kier alpha value is -2.28. The average Bonchev–Trinajstić information content (AvgIpc) is 2.59. The Morgan fingerprint density at radius 1 is 1.00 bits per heavy atom. The second kappa shape index (κ2) is 7.74. The summed E-state index contributed by atoms with van der Waals surface area (Å²) in [7, 11) is 4.15. The minimum Gasteiger partial charge on any atom is -0.496 e. The number of dihydropyridines is 1. The average molecular weight is 410 g/mol. The Kier molecular flexibility index (Phi) is 5.89. The summed E-state index contributed by atoms with van der Waals surface area (Å²) in [6.45, 7) is 3.53. The first-order chi connectivity index (χ1) is 11.8. The molecule has 6 nitrogen and oxygen atoms in total. The first kappa shape index (κ1) is 19.1. The molecule has 0 aromatic heterocycles. The summed E-state index contributed by atoms with van der Waals surface area (Å²) in [5.74, 6) is -1.16. The normalized spacial score (nSPS) is 15.0. The largest absolute Gasteiger partial charge is 0.496 e. The van der Waals surface area contributed by atoms with E-state index in [4.69, 9.17) is 14.2 Å². The summed E-state index contributed by atoms with van der Waals surface area (Å²) < 4.78 is 16.2. The zero-order chi connectivity index (χ0) is 18.7. The lowest BCUT2D eigenvalue weighted by molar-refractivity contribution is -0.137. The van der Waals surface area contributed by atoms with Gasteiger partial charge in [0.2, 0.25) is 0 Å². The van der Waals surface area contributed by atoms with E-state index < -0.39 is 17.9 Å². The molecular formula is C18H20BrNO5. The molecule has 1 aromatic carbocycles. The number of allylic oxidation sites excluding steroid dienone is 2. The smallest absolute Gasteiger partial charge is 0.336 e. The summed E-state index contributed by atoms with van der Waals surface area (Å²) in [6.07, 6.45) is 0. The van der Waals surface area contributed by atoms with E-state index in [1.54, 1.807) is 19.9 Å². The van der Waals surface area contributed by atoms with Gasteiger partial charge in [0.25, 0.3) is 0 Å². The summed E-state index contributed by atoms with van der Waals surface area (Å²) in [5.41, 5.74) is 2.57. The lowest BCUT2D eigenvalue weighted by Crippen LogP contribution is -2.32. The number of methoxy groups -OCH3 is 3. The number of hydrogen-bond acceptors (Lipinski definition) is 6. The fourth-order valence-corrected chi connectivity index (χ4v) is 3.38. The van der Waals surface area contributed by atoms with Crippen LogP contribution >= 0.6 is 15.9 Å². The molecule has 0 amide bonds. The number of carbonyl (C=O) groups is 2. The van der Waals surface area contributed by atoms with Crippen LogP contribution in [0.15, 0.2) is 45.2 Å². The predicted molar refractivity (Wildman–Crippen MR) is 96.0 cm³/mol. The Morgan fingerprint density at radius 3 is 1.96 bits per heavy atom. The Morgan fingerprint density at radius 2 is 1.52 bits per heavy atom. The van der Waals surface area contributed by atoms with Gasteiger partial charge in [-0.15, -0.1) is 0 Å². The zero-order valence-corrected chi connectivity index (χ0v) is 16.3. The van der Waals surface area contributed by atoms with Crippen molar-refractivity contribution in [3.63, 3.8) is 0 Å². The summed E-state index contributed by atoms with van der Waals surface area (Å²) in [4.78, 5) is 24.9. The van der Waals surface area contributed by atoms with Gasteiger partial charge in [-0.3, -0.25) is 0 Å². The van der Waals surface area contributed by atoms with Gasteiger partial charge in [-0.2, -0.15) is 0 Å². The van der Waals surface area contributed by atoms with Crippen molar-refractivity contribution in [2.24, 2.45) is 0 Å². The van der Waals surface area contributed by atoms with E-state index in [9.17, 15) is 9.59 Å². The Bertz CT molecular complexity index is 744. The van der Waals surface area contributed by atoms with Gasteiger partial charge in [-0.25, -0.2) is 9.59 Å². The molecule has 0 saturated heterocycles. The van der Waals surface area contributed by atoms with Crippen molar-refractivity contribution in [3.8, 4) is 5.75 Å². The fourth-order valence-electron chi connectivity index (χ4n) is 3.00. The molecule has 0 radical (unpaired) electrons. The highest BCUT2D eigenvalue weighted by Crippen LogP contribution is 2.43. The Balaban J connectivity index is 2.80. The van der Waals surface area contributed by atoms with Gasteiger partial charge in [0, 0.05) is 21.4 Å². The number of nitrogens with one attached hydrogen (secondary N) is 1. The van der Waals surface area contributed by atoms with E-state index in [0.29, 0.717) is 33.9 Å². The molecule has 25 heavy (non-hydrogen) atoms. The third-order valence-electron chi connectivity index (χ3n) is 4.07. The number of carbonyl (C=O) groups excluding carboxylic acids is 2. The van der Waals surface area contributed by atoms with Crippen LogP contribution in [0.3, 0.4) is 0 Å². The lowest BCUT2D eigenvalue weighted by atomic mass is 9.80. The number of esters is 2.